The molecule has 0 aromatic carbocycles. The van der Waals surface area contributed by atoms with Crippen LogP contribution < -0.4 is 5.23 Å². The van der Waals surface area contributed by atoms with Crippen LogP contribution in [0, 0.1) is 6.92 Å². The van der Waals surface area contributed by atoms with Crippen LogP contribution in [0.25, 0.3) is 0 Å². The minimum absolute atomic E-state index is 0.552. The topological polar surface area (TPSA) is 45.1 Å². The smallest absolute Gasteiger partial charge is 0.408 e. The van der Waals surface area contributed by atoms with Crippen molar-refractivity contribution < 1.29 is 5.02 Å². The Hall–Kier alpha value is -1.03. The summed E-state index contributed by atoms with van der Waals surface area (Å²) >= 11 is 0. The number of hydrogen-bond donors (Lipinski definition) is 2. The van der Waals surface area contributed by atoms with Gasteiger partial charge >= 0.3 is 7.05 Å². The van der Waals surface area contributed by atoms with Crippen molar-refractivity contribution in [1.82, 2.24) is 4.98 Å². The van der Waals surface area contributed by atoms with E-state index < -0.39 is 7.05 Å². The van der Waals surface area contributed by atoms with Gasteiger partial charge in [-0.1, -0.05) is 0 Å². The third kappa shape index (κ3) is 2.59. The molecule has 1 aromatic rings. The molecule has 0 spiro atoms. The highest BCUT2D eigenvalue weighted by molar-refractivity contribution is 6.52. The van der Waals surface area contributed by atoms with Gasteiger partial charge in [-0.15, -0.1) is 0 Å². The standard InChI is InChI=1S/C7H11BN2O/c1-6-3-4-9-7(5-6)10-8(2)11/h3-5,11H,1-2H3,(H,9,10). The molecular weight excluding hydrogens is 139 g/mol. The lowest BCUT2D eigenvalue weighted by molar-refractivity contribution is 0.586. The number of aryl methyl sites for hydroxylation is 1. The zero-order chi connectivity index (χ0) is 8.27. The first kappa shape index (κ1) is 8.08. The van der Waals surface area contributed by atoms with Crippen LogP contribution in [0.4, 0.5) is 5.82 Å². The summed E-state index contributed by atoms with van der Waals surface area (Å²) in [6.45, 7) is 3.64. The largest absolute Gasteiger partial charge is 0.433 e. The Bertz CT molecular complexity index is 240. The number of hydrogen-bond acceptors (Lipinski definition) is 3. The van der Waals surface area contributed by atoms with E-state index in [0.717, 1.165) is 5.56 Å². The second-order valence-electron chi connectivity index (χ2n) is 2.54. The summed E-state index contributed by atoms with van der Waals surface area (Å²) in [5.74, 6) is 0.708. The maximum absolute atomic E-state index is 8.95. The zero-order valence-corrected chi connectivity index (χ0v) is 6.70. The molecule has 3 nitrogen and oxygen atoms in total. The molecule has 0 aliphatic carbocycles. The molecule has 1 rings (SSSR count). The number of nitrogens with zero attached hydrogens (tertiary/aromatic N) is 1. The van der Waals surface area contributed by atoms with Crippen molar-refractivity contribution in [3.8, 4) is 0 Å². The number of rotatable bonds is 2. The van der Waals surface area contributed by atoms with E-state index in [9.17, 15) is 0 Å². The van der Waals surface area contributed by atoms with Crippen molar-refractivity contribution in [2.75, 3.05) is 5.23 Å². The first-order valence-electron chi connectivity index (χ1n) is 3.56. The first-order valence-corrected chi connectivity index (χ1v) is 3.56. The Morgan fingerprint density at radius 3 is 2.91 bits per heavy atom. The SMILES string of the molecule is CB(O)Nc1cc(C)ccn1. The third-order valence-electron chi connectivity index (χ3n) is 1.27. The van der Waals surface area contributed by atoms with Crippen molar-refractivity contribution in [3.63, 3.8) is 0 Å². The van der Waals surface area contributed by atoms with Gasteiger partial charge in [0.1, 0.15) is 5.82 Å². The highest BCUT2D eigenvalue weighted by atomic mass is 16.2. The molecule has 0 aliphatic heterocycles. The van der Waals surface area contributed by atoms with Crippen LogP contribution in [0.1, 0.15) is 5.56 Å². The predicted octanol–water partition coefficient (Wildman–Crippen LogP) is 0.912. The first-order chi connectivity index (χ1) is 5.18. The maximum atomic E-state index is 8.95. The number of nitrogens with one attached hydrogen (secondary N) is 1. The third-order valence-corrected chi connectivity index (χ3v) is 1.27. The summed E-state index contributed by atoms with van der Waals surface area (Å²) in [6.07, 6.45) is 1.71. The molecule has 1 aromatic heterocycles. The van der Waals surface area contributed by atoms with Crippen molar-refractivity contribution >= 4 is 12.9 Å². The van der Waals surface area contributed by atoms with E-state index in [4.69, 9.17) is 5.02 Å². The van der Waals surface area contributed by atoms with E-state index >= 15 is 0 Å². The van der Waals surface area contributed by atoms with Crippen molar-refractivity contribution in [1.29, 1.82) is 0 Å². The molecule has 58 valence electrons. The summed E-state index contributed by atoms with van der Waals surface area (Å²) in [5.41, 5.74) is 1.13. The van der Waals surface area contributed by atoms with Gasteiger partial charge in [0.2, 0.25) is 0 Å². The molecule has 1 heterocycles. The van der Waals surface area contributed by atoms with Crippen molar-refractivity contribution in [3.05, 3.63) is 23.9 Å². The Morgan fingerprint density at radius 2 is 2.36 bits per heavy atom. The van der Waals surface area contributed by atoms with Crippen LogP contribution in [0.3, 0.4) is 0 Å². The number of aromatic nitrogens is 1. The monoisotopic (exact) mass is 150 g/mol. The van der Waals surface area contributed by atoms with Gasteiger partial charge in [0.25, 0.3) is 0 Å². The summed E-state index contributed by atoms with van der Waals surface area (Å²) in [4.78, 5) is 4.01. The van der Waals surface area contributed by atoms with Crippen LogP contribution >= 0.6 is 0 Å². The maximum Gasteiger partial charge on any atom is 0.408 e. The lowest BCUT2D eigenvalue weighted by Gasteiger charge is -2.04. The average Bonchev–Trinajstić information content (AvgIpc) is 1.85. The van der Waals surface area contributed by atoms with Crippen LogP contribution in [-0.2, 0) is 0 Å². The molecule has 0 radical (unpaired) electrons. The Kier molecular flexibility index (Phi) is 2.49. The zero-order valence-electron chi connectivity index (χ0n) is 6.70. The molecule has 4 heteroatoms. The van der Waals surface area contributed by atoms with Gasteiger partial charge in [-0.2, -0.15) is 0 Å². The normalized spacial score (nSPS) is 9.36. The predicted molar refractivity (Wildman–Crippen MR) is 46.4 cm³/mol. The molecule has 0 unspecified atom stereocenters. The van der Waals surface area contributed by atoms with Gasteiger partial charge in [-0.3, -0.25) is 0 Å². The highest BCUT2D eigenvalue weighted by Gasteiger charge is 2.02. The fourth-order valence-electron chi connectivity index (χ4n) is 0.829. The lowest BCUT2D eigenvalue weighted by Crippen LogP contribution is -2.20. The molecule has 0 saturated heterocycles. The molecule has 0 atom stereocenters. The number of anilines is 1. The minimum atomic E-state index is -0.552. The summed E-state index contributed by atoms with van der Waals surface area (Å²) in [6, 6.07) is 3.79. The van der Waals surface area contributed by atoms with Gasteiger partial charge in [-0.05, 0) is 31.4 Å². The molecule has 0 aliphatic rings. The van der Waals surface area contributed by atoms with Gasteiger partial charge in [0.05, 0.1) is 0 Å². The van der Waals surface area contributed by atoms with E-state index in [2.05, 4.69) is 10.2 Å². The van der Waals surface area contributed by atoms with Gasteiger partial charge in [0.15, 0.2) is 0 Å². The molecule has 0 saturated carbocycles. The molecule has 11 heavy (non-hydrogen) atoms. The molecular formula is C7H11BN2O. The van der Waals surface area contributed by atoms with E-state index in [1.807, 2.05) is 19.1 Å². The van der Waals surface area contributed by atoms with Gasteiger partial charge < -0.3 is 10.3 Å². The molecule has 2 N–H and O–H groups in total. The summed E-state index contributed by atoms with van der Waals surface area (Å²) in [5, 5.41) is 11.7. The lowest BCUT2D eigenvalue weighted by atomic mass is 9.89. The Labute approximate surface area is 66.6 Å². The van der Waals surface area contributed by atoms with E-state index in [-0.39, 0.29) is 0 Å². The average molecular weight is 150 g/mol. The summed E-state index contributed by atoms with van der Waals surface area (Å²) < 4.78 is 0. The van der Waals surface area contributed by atoms with E-state index in [1.54, 1.807) is 13.0 Å². The van der Waals surface area contributed by atoms with E-state index in [1.165, 1.54) is 0 Å². The molecule has 0 bridgehead atoms. The Balaban J connectivity index is 2.71. The summed E-state index contributed by atoms with van der Waals surface area (Å²) in [7, 11) is -0.552. The molecule has 0 amide bonds. The highest BCUT2D eigenvalue weighted by Crippen LogP contribution is 2.04. The van der Waals surface area contributed by atoms with Crippen LogP contribution in [-0.4, -0.2) is 17.1 Å². The van der Waals surface area contributed by atoms with Crippen LogP contribution in [0.15, 0.2) is 18.3 Å². The Morgan fingerprint density at radius 1 is 1.64 bits per heavy atom. The van der Waals surface area contributed by atoms with Gasteiger partial charge in [-0.25, -0.2) is 4.98 Å². The van der Waals surface area contributed by atoms with Crippen molar-refractivity contribution in [2.45, 2.75) is 13.7 Å². The van der Waals surface area contributed by atoms with Gasteiger partial charge in [0, 0.05) is 6.20 Å². The number of pyridine rings is 1. The fourth-order valence-corrected chi connectivity index (χ4v) is 0.829. The molecule has 0 fully saturated rings. The fraction of sp³-hybridized carbons (Fsp3) is 0.286. The van der Waals surface area contributed by atoms with E-state index in [0.29, 0.717) is 5.82 Å². The van der Waals surface area contributed by atoms with Crippen LogP contribution in [0.2, 0.25) is 6.82 Å². The second-order valence-corrected chi connectivity index (χ2v) is 2.54. The van der Waals surface area contributed by atoms with Crippen molar-refractivity contribution in [2.24, 2.45) is 0 Å². The quantitative estimate of drug-likeness (QED) is 0.616. The minimum Gasteiger partial charge on any atom is -0.433 e. The second kappa shape index (κ2) is 3.39. The van der Waals surface area contributed by atoms with Crippen LogP contribution in [0.5, 0.6) is 0 Å².